The van der Waals surface area contributed by atoms with E-state index in [0.29, 0.717) is 5.92 Å². The van der Waals surface area contributed by atoms with Crippen molar-refractivity contribution < 1.29 is 0 Å². The van der Waals surface area contributed by atoms with Gasteiger partial charge < -0.3 is 5.32 Å². The van der Waals surface area contributed by atoms with Gasteiger partial charge in [0.25, 0.3) is 0 Å². The number of nitrogens with one attached hydrogen (secondary N) is 1. The summed E-state index contributed by atoms with van der Waals surface area (Å²) in [7, 11) is 0. The first-order valence-electron chi connectivity index (χ1n) is 8.02. The van der Waals surface area contributed by atoms with Crippen LogP contribution < -0.4 is 5.32 Å². The molecule has 114 valence electrons. The van der Waals surface area contributed by atoms with Gasteiger partial charge in [-0.25, -0.2) is 0 Å². The molecule has 0 saturated carbocycles. The highest BCUT2D eigenvalue weighted by molar-refractivity contribution is 5.93. The predicted molar refractivity (Wildman–Crippen MR) is 93.3 cm³/mol. The molecule has 0 aliphatic rings. The Morgan fingerprint density at radius 3 is 2.48 bits per heavy atom. The highest BCUT2D eigenvalue weighted by Gasteiger charge is 2.19. The lowest BCUT2D eigenvalue weighted by Crippen LogP contribution is -2.15. The molecule has 0 aliphatic carbocycles. The first kappa shape index (κ1) is 15.8. The molecule has 0 saturated heterocycles. The van der Waals surface area contributed by atoms with Crippen molar-refractivity contribution in [3.63, 3.8) is 0 Å². The molecule has 0 fully saturated rings. The Hall–Kier alpha value is -1.57. The van der Waals surface area contributed by atoms with Gasteiger partial charge >= 0.3 is 0 Å². The van der Waals surface area contributed by atoms with Crippen LogP contribution in [-0.4, -0.2) is 11.5 Å². The molecule has 1 aromatic heterocycles. The van der Waals surface area contributed by atoms with Crippen LogP contribution in [0.2, 0.25) is 0 Å². The average Bonchev–Trinajstić information content (AvgIpc) is 2.42. The van der Waals surface area contributed by atoms with Gasteiger partial charge in [0, 0.05) is 28.7 Å². The van der Waals surface area contributed by atoms with Crippen molar-refractivity contribution in [2.75, 3.05) is 11.9 Å². The van der Waals surface area contributed by atoms with Crippen LogP contribution in [0.15, 0.2) is 24.3 Å². The highest BCUT2D eigenvalue weighted by atomic mass is 14.9. The first-order chi connectivity index (χ1) is 9.84. The molecular formula is C19H28N2. The minimum absolute atomic E-state index is 0.0565. The predicted octanol–water partition coefficient (Wildman–Crippen LogP) is 5.48. The van der Waals surface area contributed by atoms with Crippen molar-refractivity contribution in [2.24, 2.45) is 0 Å². The maximum Gasteiger partial charge on any atom is 0.0760 e. The highest BCUT2D eigenvalue weighted by Crippen LogP contribution is 2.33. The lowest BCUT2D eigenvalue weighted by molar-refractivity contribution is 0.571. The maximum absolute atomic E-state index is 5.00. The minimum atomic E-state index is 0.0565. The number of pyridine rings is 1. The van der Waals surface area contributed by atoms with Crippen LogP contribution in [0, 0.1) is 0 Å². The molecule has 0 atom stereocenters. The van der Waals surface area contributed by atoms with Crippen molar-refractivity contribution in [1.29, 1.82) is 0 Å². The number of benzene rings is 1. The van der Waals surface area contributed by atoms with Crippen LogP contribution in [0.25, 0.3) is 10.9 Å². The third-order valence-electron chi connectivity index (χ3n) is 3.83. The number of nitrogens with zero attached hydrogens (tertiary/aromatic N) is 1. The molecule has 2 aromatic rings. The second kappa shape index (κ2) is 6.05. The van der Waals surface area contributed by atoms with E-state index in [2.05, 4.69) is 71.1 Å². The number of anilines is 1. The van der Waals surface area contributed by atoms with E-state index in [4.69, 9.17) is 4.98 Å². The van der Waals surface area contributed by atoms with E-state index in [1.807, 2.05) is 0 Å². The summed E-state index contributed by atoms with van der Waals surface area (Å²) in [5.41, 5.74) is 4.91. The van der Waals surface area contributed by atoms with Crippen molar-refractivity contribution in [3.8, 4) is 0 Å². The average molecular weight is 284 g/mol. The summed E-state index contributed by atoms with van der Waals surface area (Å²) in [6, 6.07) is 8.75. The van der Waals surface area contributed by atoms with E-state index in [0.717, 1.165) is 24.2 Å². The Balaban J connectivity index is 2.71. The zero-order chi connectivity index (χ0) is 15.6. The fraction of sp³-hybridized carbons (Fsp3) is 0.526. The fourth-order valence-electron chi connectivity index (χ4n) is 2.53. The SMILES string of the molecule is CCCNc1cc(C(C)(C)C)nc2c(C(C)C)cccc12. The second-order valence-electron chi connectivity index (χ2n) is 7.13. The third-order valence-corrected chi connectivity index (χ3v) is 3.83. The molecule has 2 rings (SSSR count). The third kappa shape index (κ3) is 3.37. The summed E-state index contributed by atoms with van der Waals surface area (Å²) in [6.45, 7) is 14.3. The van der Waals surface area contributed by atoms with Gasteiger partial charge in [0.1, 0.15) is 0 Å². The summed E-state index contributed by atoms with van der Waals surface area (Å²) in [6.07, 6.45) is 1.12. The number of rotatable bonds is 4. The largest absolute Gasteiger partial charge is 0.384 e. The fourth-order valence-corrected chi connectivity index (χ4v) is 2.53. The molecule has 0 radical (unpaired) electrons. The number of hydrogen-bond acceptors (Lipinski definition) is 2. The van der Waals surface area contributed by atoms with Crippen molar-refractivity contribution >= 4 is 16.6 Å². The number of para-hydroxylation sites is 1. The molecule has 0 bridgehead atoms. The van der Waals surface area contributed by atoms with Gasteiger partial charge in [0.05, 0.1) is 5.52 Å². The lowest BCUT2D eigenvalue weighted by Gasteiger charge is -2.22. The van der Waals surface area contributed by atoms with Crippen LogP contribution in [0.1, 0.15) is 65.1 Å². The minimum Gasteiger partial charge on any atom is -0.384 e. The van der Waals surface area contributed by atoms with Gasteiger partial charge in [0.15, 0.2) is 0 Å². The van der Waals surface area contributed by atoms with Crippen LogP contribution >= 0.6 is 0 Å². The molecule has 1 N–H and O–H groups in total. The molecule has 0 aliphatic heterocycles. The Morgan fingerprint density at radius 2 is 1.90 bits per heavy atom. The van der Waals surface area contributed by atoms with Gasteiger partial charge in [-0.3, -0.25) is 4.98 Å². The summed E-state index contributed by atoms with van der Waals surface area (Å²) in [5, 5.41) is 4.81. The van der Waals surface area contributed by atoms with Crippen molar-refractivity contribution in [1.82, 2.24) is 4.98 Å². The summed E-state index contributed by atoms with van der Waals surface area (Å²) in [5.74, 6) is 0.482. The van der Waals surface area contributed by atoms with E-state index < -0.39 is 0 Å². The first-order valence-corrected chi connectivity index (χ1v) is 8.02. The Bertz CT molecular complexity index is 621. The molecule has 0 spiro atoms. The standard InChI is InChI=1S/C19H28N2/c1-7-11-20-16-12-17(19(4,5)6)21-18-14(13(2)3)9-8-10-15(16)18/h8-10,12-13H,7,11H2,1-6H3,(H,20,21). The van der Waals surface area contributed by atoms with Crippen molar-refractivity contribution in [3.05, 3.63) is 35.5 Å². The van der Waals surface area contributed by atoms with E-state index >= 15 is 0 Å². The van der Waals surface area contributed by atoms with Gasteiger partial charge in [-0.05, 0) is 24.0 Å². The van der Waals surface area contributed by atoms with Crippen LogP contribution in [-0.2, 0) is 5.41 Å². The van der Waals surface area contributed by atoms with Gasteiger partial charge in [-0.2, -0.15) is 0 Å². The number of hydrogen-bond donors (Lipinski definition) is 1. The number of fused-ring (bicyclic) bond motifs is 1. The van der Waals surface area contributed by atoms with Gasteiger partial charge in [-0.15, -0.1) is 0 Å². The molecule has 2 nitrogen and oxygen atoms in total. The van der Waals surface area contributed by atoms with Gasteiger partial charge in [-0.1, -0.05) is 59.7 Å². The Labute approximate surface area is 129 Å². The molecule has 0 amide bonds. The van der Waals surface area contributed by atoms with E-state index in [1.165, 1.54) is 16.6 Å². The quantitative estimate of drug-likeness (QED) is 0.804. The zero-order valence-electron chi connectivity index (χ0n) is 14.2. The number of aromatic nitrogens is 1. The van der Waals surface area contributed by atoms with Crippen LogP contribution in [0.3, 0.4) is 0 Å². The Kier molecular flexibility index (Phi) is 4.55. The molecule has 0 unspecified atom stereocenters. The summed E-state index contributed by atoms with van der Waals surface area (Å²) < 4.78 is 0. The molecule has 1 heterocycles. The van der Waals surface area contributed by atoms with Gasteiger partial charge in [0.2, 0.25) is 0 Å². The maximum atomic E-state index is 5.00. The van der Waals surface area contributed by atoms with Crippen LogP contribution in [0.5, 0.6) is 0 Å². The summed E-state index contributed by atoms with van der Waals surface area (Å²) >= 11 is 0. The molecule has 1 aromatic carbocycles. The smallest absolute Gasteiger partial charge is 0.0760 e. The Morgan fingerprint density at radius 1 is 1.19 bits per heavy atom. The molecule has 21 heavy (non-hydrogen) atoms. The van der Waals surface area contributed by atoms with Crippen LogP contribution in [0.4, 0.5) is 5.69 Å². The molecule has 2 heteroatoms. The lowest BCUT2D eigenvalue weighted by atomic mass is 9.89. The topological polar surface area (TPSA) is 24.9 Å². The zero-order valence-corrected chi connectivity index (χ0v) is 14.2. The van der Waals surface area contributed by atoms with E-state index in [1.54, 1.807) is 0 Å². The summed E-state index contributed by atoms with van der Waals surface area (Å²) in [4.78, 5) is 5.00. The van der Waals surface area contributed by atoms with E-state index in [-0.39, 0.29) is 5.41 Å². The van der Waals surface area contributed by atoms with Crippen molar-refractivity contribution in [2.45, 2.75) is 59.3 Å². The normalized spacial score (nSPS) is 12.1. The second-order valence-corrected chi connectivity index (χ2v) is 7.13. The van der Waals surface area contributed by atoms with E-state index in [9.17, 15) is 0 Å². The monoisotopic (exact) mass is 284 g/mol. The molecular weight excluding hydrogens is 256 g/mol.